The third-order valence-electron chi connectivity index (χ3n) is 0.246. The molecule has 2 nitrogen and oxygen atoms in total. The Balaban J connectivity index is 2.82. The second kappa shape index (κ2) is 3.61. The smallest absolute Gasteiger partial charge is 0.233 e. The van der Waals surface area contributed by atoms with E-state index in [2.05, 4.69) is 16.4 Å². The molecule has 0 amide bonds. The fourth-order valence-corrected chi connectivity index (χ4v) is 0.123. The first kappa shape index (κ1) is 6.43. The molecule has 7 heavy (non-hydrogen) atoms. The van der Waals surface area contributed by atoms with Crippen molar-refractivity contribution in [2.24, 2.45) is 0 Å². The first-order valence-corrected chi connectivity index (χ1v) is 1.78. The van der Waals surface area contributed by atoms with Gasteiger partial charge in [0.05, 0.1) is 0 Å². The van der Waals surface area contributed by atoms with Crippen molar-refractivity contribution in [1.82, 2.24) is 0 Å². The van der Waals surface area contributed by atoms with Gasteiger partial charge in [0.25, 0.3) is 0 Å². The Hall–Kier alpha value is -0.570. The highest BCUT2D eigenvalue weighted by atomic mass is 19.1. The predicted molar refractivity (Wildman–Crippen MR) is 23.0 cm³/mol. The number of hydrogen-bond acceptors (Lipinski definition) is 2. The lowest BCUT2D eigenvalue weighted by Crippen LogP contribution is -1.87. The van der Waals surface area contributed by atoms with Crippen LogP contribution in [0.3, 0.4) is 0 Å². The van der Waals surface area contributed by atoms with E-state index in [1.54, 1.807) is 6.92 Å². The lowest BCUT2D eigenvalue weighted by Gasteiger charge is -1.95. The summed E-state index contributed by atoms with van der Waals surface area (Å²) in [5, 5.41) is 0. The average molecular weight is 106 g/mol. The van der Waals surface area contributed by atoms with Crippen molar-refractivity contribution in [3.8, 4) is 0 Å². The highest BCUT2D eigenvalue weighted by Crippen LogP contribution is 1.89. The molecular formula is C4H7FO2. The van der Waals surface area contributed by atoms with Gasteiger partial charge in [-0.1, -0.05) is 6.58 Å². The molecule has 0 aromatic carbocycles. The molecule has 0 radical (unpaired) electrons. The average Bonchev–Trinajstić information content (AvgIpc) is 1.61. The summed E-state index contributed by atoms with van der Waals surface area (Å²) in [6, 6.07) is 0. The molecular weight excluding hydrogens is 99.0 g/mol. The number of hydrogen-bond donors (Lipinski definition) is 0. The predicted octanol–water partition coefficient (Wildman–Crippen LogP) is 1.40. The lowest BCUT2D eigenvalue weighted by molar-refractivity contribution is -0.283. The van der Waals surface area contributed by atoms with Gasteiger partial charge in [-0.05, 0) is 6.92 Å². The second-order valence-corrected chi connectivity index (χ2v) is 1.01. The van der Waals surface area contributed by atoms with Crippen molar-refractivity contribution in [1.29, 1.82) is 0 Å². The minimum atomic E-state index is -0.938. The molecule has 0 atom stereocenters. The standard InChI is InChI=1S/C4H7FO2/c1-4(2)7-6-3-5/h1,3H2,2H3. The summed E-state index contributed by atoms with van der Waals surface area (Å²) < 4.78 is 11.0. The molecule has 0 aromatic heterocycles. The van der Waals surface area contributed by atoms with Crippen LogP contribution in [0.5, 0.6) is 0 Å². The van der Waals surface area contributed by atoms with Crippen molar-refractivity contribution >= 4 is 0 Å². The monoisotopic (exact) mass is 106 g/mol. The SMILES string of the molecule is C=C(C)OOCF. The molecule has 0 N–H and O–H groups in total. The number of halogens is 1. The zero-order valence-corrected chi connectivity index (χ0v) is 4.11. The van der Waals surface area contributed by atoms with Gasteiger partial charge < -0.3 is 4.89 Å². The summed E-state index contributed by atoms with van der Waals surface area (Å²) in [6.07, 6.45) is 0. The fraction of sp³-hybridized carbons (Fsp3) is 0.500. The first-order valence-electron chi connectivity index (χ1n) is 1.78. The van der Waals surface area contributed by atoms with Crippen LogP contribution in [0.15, 0.2) is 12.3 Å². The number of alkyl halides is 1. The molecule has 3 heteroatoms. The topological polar surface area (TPSA) is 18.5 Å². The highest BCUT2D eigenvalue weighted by molar-refractivity contribution is 4.70. The van der Waals surface area contributed by atoms with Crippen LogP contribution in [0.1, 0.15) is 6.92 Å². The maximum absolute atomic E-state index is 11.0. The van der Waals surface area contributed by atoms with Gasteiger partial charge in [-0.3, -0.25) is 0 Å². The Labute approximate surface area is 41.5 Å². The molecule has 0 aliphatic heterocycles. The molecule has 0 bridgehead atoms. The van der Waals surface area contributed by atoms with E-state index >= 15 is 0 Å². The van der Waals surface area contributed by atoms with Gasteiger partial charge in [0.2, 0.25) is 6.86 Å². The van der Waals surface area contributed by atoms with Gasteiger partial charge in [-0.2, -0.15) is 4.89 Å². The third-order valence-corrected chi connectivity index (χ3v) is 0.246. The summed E-state index contributed by atoms with van der Waals surface area (Å²) in [5.74, 6) is 0.345. The Kier molecular flexibility index (Phi) is 3.32. The number of allylic oxidation sites excluding steroid dienone is 1. The molecule has 0 heterocycles. The maximum Gasteiger partial charge on any atom is 0.233 e. The normalized spacial score (nSPS) is 8.29. The molecule has 42 valence electrons. The Morgan fingerprint density at radius 3 is 2.57 bits per heavy atom. The van der Waals surface area contributed by atoms with Crippen molar-refractivity contribution in [2.75, 3.05) is 6.86 Å². The lowest BCUT2D eigenvalue weighted by atomic mass is 10.7. The second-order valence-electron chi connectivity index (χ2n) is 1.01. The highest BCUT2D eigenvalue weighted by Gasteiger charge is 1.81. The van der Waals surface area contributed by atoms with Crippen LogP contribution in [0, 0.1) is 0 Å². The Morgan fingerprint density at radius 1 is 1.86 bits per heavy atom. The molecule has 0 rings (SSSR count). The molecule has 0 saturated carbocycles. The molecule has 0 fully saturated rings. The van der Waals surface area contributed by atoms with Crippen LogP contribution in [-0.2, 0) is 9.78 Å². The van der Waals surface area contributed by atoms with E-state index in [9.17, 15) is 4.39 Å². The van der Waals surface area contributed by atoms with Crippen LogP contribution in [0.25, 0.3) is 0 Å². The Bertz CT molecular complexity index is 62.7. The van der Waals surface area contributed by atoms with Crippen molar-refractivity contribution in [3.05, 3.63) is 12.3 Å². The summed E-state index contributed by atoms with van der Waals surface area (Å²) in [7, 11) is 0. The maximum atomic E-state index is 11.0. The van der Waals surface area contributed by atoms with Crippen molar-refractivity contribution in [3.63, 3.8) is 0 Å². The summed E-state index contributed by atoms with van der Waals surface area (Å²) >= 11 is 0. The largest absolute Gasteiger partial charge is 0.340 e. The summed E-state index contributed by atoms with van der Waals surface area (Å²) in [6.45, 7) is 3.91. The van der Waals surface area contributed by atoms with Gasteiger partial charge in [-0.25, -0.2) is 4.39 Å². The van der Waals surface area contributed by atoms with Gasteiger partial charge in [-0.15, -0.1) is 0 Å². The van der Waals surface area contributed by atoms with E-state index in [1.165, 1.54) is 0 Å². The van der Waals surface area contributed by atoms with E-state index in [0.29, 0.717) is 5.76 Å². The van der Waals surface area contributed by atoms with E-state index < -0.39 is 6.86 Å². The quantitative estimate of drug-likeness (QED) is 0.307. The summed E-state index contributed by atoms with van der Waals surface area (Å²) in [4.78, 5) is 7.95. The van der Waals surface area contributed by atoms with Crippen LogP contribution in [-0.4, -0.2) is 6.86 Å². The van der Waals surface area contributed by atoms with Crippen LogP contribution in [0.2, 0.25) is 0 Å². The van der Waals surface area contributed by atoms with Gasteiger partial charge in [0.1, 0.15) is 5.76 Å². The molecule has 0 aromatic rings. The van der Waals surface area contributed by atoms with Crippen molar-refractivity contribution in [2.45, 2.75) is 6.92 Å². The van der Waals surface area contributed by atoms with E-state index in [-0.39, 0.29) is 0 Å². The third kappa shape index (κ3) is 5.43. The van der Waals surface area contributed by atoms with Crippen molar-refractivity contribution < 1.29 is 14.2 Å². The summed E-state index contributed by atoms with van der Waals surface area (Å²) in [5.41, 5.74) is 0. The zero-order chi connectivity index (χ0) is 5.70. The zero-order valence-electron chi connectivity index (χ0n) is 4.11. The van der Waals surface area contributed by atoms with Gasteiger partial charge >= 0.3 is 0 Å². The molecule has 0 unspecified atom stereocenters. The molecule has 0 saturated heterocycles. The molecule has 0 aliphatic rings. The first-order chi connectivity index (χ1) is 3.27. The van der Waals surface area contributed by atoms with Crippen LogP contribution in [0.4, 0.5) is 4.39 Å². The number of rotatable bonds is 3. The minimum Gasteiger partial charge on any atom is -0.340 e. The van der Waals surface area contributed by atoms with Crippen LogP contribution < -0.4 is 0 Å². The fourth-order valence-electron chi connectivity index (χ4n) is 0.123. The Morgan fingerprint density at radius 2 is 2.43 bits per heavy atom. The minimum absolute atomic E-state index is 0.345. The molecule has 0 aliphatic carbocycles. The van der Waals surface area contributed by atoms with E-state index in [0.717, 1.165) is 0 Å². The van der Waals surface area contributed by atoms with E-state index in [1.807, 2.05) is 0 Å². The van der Waals surface area contributed by atoms with Crippen LogP contribution >= 0.6 is 0 Å². The van der Waals surface area contributed by atoms with E-state index in [4.69, 9.17) is 0 Å². The van der Waals surface area contributed by atoms with Gasteiger partial charge in [0, 0.05) is 0 Å². The van der Waals surface area contributed by atoms with Gasteiger partial charge in [0.15, 0.2) is 0 Å². The molecule has 0 spiro atoms.